The molecule has 242 valence electrons. The van der Waals surface area contributed by atoms with Crippen molar-refractivity contribution in [2.24, 2.45) is 0 Å². The van der Waals surface area contributed by atoms with Crippen molar-refractivity contribution in [3.8, 4) is 57.1 Å². The Balaban J connectivity index is 1.44. The van der Waals surface area contributed by atoms with Gasteiger partial charge in [-0.15, -0.1) is 0 Å². The fraction of sp³-hybridized carbons (Fsp3) is 0.250. The Morgan fingerprint density at radius 2 is 1.57 bits per heavy atom. The van der Waals surface area contributed by atoms with Crippen LogP contribution in [0.5, 0.6) is 34.5 Å². The highest BCUT2D eigenvalue weighted by molar-refractivity contribution is 5.88. The topological polar surface area (TPSA) is 219 Å². The molecule has 0 unspecified atom stereocenters. The van der Waals surface area contributed by atoms with Gasteiger partial charge in [-0.1, -0.05) is 12.1 Å². The molecule has 1 saturated heterocycles. The first-order chi connectivity index (χ1) is 22.0. The SMILES string of the molecule is COc1cc(-c2oc3cc(=O)cc(O)c-3cc2O[C@@H]2O[C@H](COC(=[OH+])C=Cc3ccc(O)cc3)[C@H](O)[C@H](O)[C@H]2O)cc(OC)c1O. The molecule has 5 atom stereocenters. The molecule has 14 nitrogen and oxygen atoms in total. The average molecular weight is 640 g/mol. The monoisotopic (exact) mass is 639 g/mol. The summed E-state index contributed by atoms with van der Waals surface area (Å²) in [5, 5.41) is 62.3. The second kappa shape index (κ2) is 13.4. The molecule has 0 aromatic heterocycles. The molecule has 1 aliphatic carbocycles. The van der Waals surface area contributed by atoms with Crippen molar-refractivity contribution in [1.82, 2.24) is 0 Å². The van der Waals surface area contributed by atoms with E-state index in [1.165, 1.54) is 56.7 Å². The molecular weight excluding hydrogens is 608 g/mol. The van der Waals surface area contributed by atoms with E-state index in [2.05, 4.69) is 0 Å². The van der Waals surface area contributed by atoms with Crippen molar-refractivity contribution >= 4 is 12.0 Å². The number of esters is 1. The van der Waals surface area contributed by atoms with Crippen LogP contribution in [-0.4, -0.2) is 92.9 Å². The molecule has 0 spiro atoms. The largest absolute Gasteiger partial charge is 0.510 e. The summed E-state index contributed by atoms with van der Waals surface area (Å²) in [7, 11) is 2.63. The van der Waals surface area contributed by atoms with Gasteiger partial charge in [-0.25, -0.2) is 0 Å². The van der Waals surface area contributed by atoms with E-state index in [-0.39, 0.29) is 51.4 Å². The third kappa shape index (κ3) is 6.69. The number of aromatic hydroxyl groups is 3. The normalized spacial score (nSPS) is 21.3. The number of rotatable bonds is 9. The maximum atomic E-state index is 12.1. The standard InChI is InChI=1S/C32H30O14/c1-41-22-9-16(10-23(42-2)27(22)37)31-24(13-19-20(35)11-18(34)12-21(19)44-31)45-32-30(40)29(39)28(38)25(46-32)14-43-26(36)8-5-15-3-6-17(33)7-4-15/h3-13,25,28-30,32-33,35,37-40H,14H2,1-2H3/p+1/t25-,28+,29+,30-,32-/m1/s1. The van der Waals surface area contributed by atoms with Crippen LogP contribution in [0.1, 0.15) is 5.56 Å². The van der Waals surface area contributed by atoms with Crippen LogP contribution in [0.15, 0.2) is 69.9 Å². The molecule has 46 heavy (non-hydrogen) atoms. The molecule has 0 saturated carbocycles. The van der Waals surface area contributed by atoms with Crippen LogP contribution in [0.25, 0.3) is 28.7 Å². The lowest BCUT2D eigenvalue weighted by Crippen LogP contribution is -2.60. The van der Waals surface area contributed by atoms with Gasteiger partial charge in [0.25, 0.3) is 0 Å². The molecule has 2 aliphatic heterocycles. The number of phenols is 3. The van der Waals surface area contributed by atoms with Gasteiger partial charge in [0, 0.05) is 17.7 Å². The van der Waals surface area contributed by atoms with Gasteiger partial charge in [-0.3, -0.25) is 4.79 Å². The highest BCUT2D eigenvalue weighted by atomic mass is 16.7. The van der Waals surface area contributed by atoms with E-state index < -0.39 is 54.5 Å². The van der Waals surface area contributed by atoms with Gasteiger partial charge < -0.3 is 63.5 Å². The Labute approximate surface area is 260 Å². The van der Waals surface area contributed by atoms with E-state index in [1.54, 1.807) is 12.1 Å². The zero-order valence-corrected chi connectivity index (χ0v) is 24.4. The summed E-state index contributed by atoms with van der Waals surface area (Å²) in [4.78, 5) is 22.3. The number of phenolic OH excluding ortho intramolecular Hbond substituents is 3. The zero-order valence-electron chi connectivity index (χ0n) is 24.4. The van der Waals surface area contributed by atoms with Gasteiger partial charge in [0.1, 0.15) is 35.6 Å². The Hall–Kier alpha value is -5.28. The van der Waals surface area contributed by atoms with Gasteiger partial charge in [0.2, 0.25) is 18.6 Å². The number of fused-ring (bicyclic) bond motifs is 1. The Kier molecular flexibility index (Phi) is 9.34. The lowest BCUT2D eigenvalue weighted by molar-refractivity contribution is -0.276. The third-order valence-electron chi connectivity index (χ3n) is 7.17. The zero-order chi connectivity index (χ0) is 33.1. The molecule has 14 heteroatoms. The minimum absolute atomic E-state index is 0.00348. The van der Waals surface area contributed by atoms with Gasteiger partial charge in [0.05, 0.1) is 25.9 Å². The van der Waals surface area contributed by atoms with Crippen molar-refractivity contribution in [3.05, 3.63) is 76.5 Å². The number of benzene rings is 3. The van der Waals surface area contributed by atoms with Crippen LogP contribution in [0.2, 0.25) is 0 Å². The second-order valence-electron chi connectivity index (χ2n) is 10.2. The van der Waals surface area contributed by atoms with Crippen molar-refractivity contribution < 1.29 is 63.5 Å². The fourth-order valence-electron chi connectivity index (χ4n) is 4.73. The Morgan fingerprint density at radius 3 is 2.22 bits per heavy atom. The first-order valence-electron chi connectivity index (χ1n) is 13.8. The molecule has 2 heterocycles. The van der Waals surface area contributed by atoms with Crippen LogP contribution in [0.4, 0.5) is 0 Å². The number of aliphatic hydroxyl groups is 3. The van der Waals surface area contributed by atoms with Crippen LogP contribution in [-0.2, 0) is 9.47 Å². The summed E-state index contributed by atoms with van der Waals surface area (Å²) < 4.78 is 33.4. The van der Waals surface area contributed by atoms with E-state index in [1.807, 2.05) is 0 Å². The van der Waals surface area contributed by atoms with E-state index >= 15 is 0 Å². The molecule has 3 aliphatic rings. The fourth-order valence-corrected chi connectivity index (χ4v) is 4.73. The minimum Gasteiger partial charge on any atom is -0.508 e. The van der Waals surface area contributed by atoms with E-state index in [4.69, 9.17) is 28.1 Å². The molecule has 2 aromatic rings. The quantitative estimate of drug-likeness (QED) is 0.0878. The van der Waals surface area contributed by atoms with Gasteiger partial charge in [-0.05, 0) is 42.0 Å². The molecule has 1 fully saturated rings. The Bertz CT molecular complexity index is 1740. The lowest BCUT2D eigenvalue weighted by Gasteiger charge is -2.39. The first-order valence-corrected chi connectivity index (χ1v) is 13.8. The molecule has 0 amide bonds. The molecule has 2 aromatic carbocycles. The summed E-state index contributed by atoms with van der Waals surface area (Å²) in [6.45, 7) is -0.481. The summed E-state index contributed by atoms with van der Waals surface area (Å²) in [5.41, 5.74) is 0.372. The maximum Gasteiger partial charge on any atom is 0.510 e. The number of aliphatic hydroxyl groups excluding tert-OH is 3. The third-order valence-corrected chi connectivity index (χ3v) is 7.17. The number of carbonyl (C=O) groups excluding carboxylic acids is 1. The average Bonchev–Trinajstić information content (AvgIpc) is 3.04. The predicted octanol–water partition coefficient (Wildman–Crippen LogP) is 1.96. The van der Waals surface area contributed by atoms with Crippen molar-refractivity contribution in [1.29, 1.82) is 0 Å². The summed E-state index contributed by atoms with van der Waals surface area (Å²) in [6, 6.07) is 12.3. The highest BCUT2D eigenvalue weighted by Crippen LogP contribution is 2.46. The van der Waals surface area contributed by atoms with E-state index in [0.29, 0.717) is 5.56 Å². The number of methoxy groups -OCH3 is 2. The maximum absolute atomic E-state index is 12.1. The number of ether oxygens (including phenoxy) is 5. The van der Waals surface area contributed by atoms with Crippen LogP contribution in [0.3, 0.4) is 0 Å². The Morgan fingerprint density at radius 1 is 0.891 bits per heavy atom. The number of hydrogen-bond acceptors (Lipinski definition) is 13. The summed E-state index contributed by atoms with van der Waals surface area (Å²) >= 11 is 0. The molecule has 5 rings (SSSR count). The van der Waals surface area contributed by atoms with E-state index in [9.17, 15) is 40.2 Å². The van der Waals surface area contributed by atoms with Gasteiger partial charge in [-0.2, -0.15) is 0 Å². The van der Waals surface area contributed by atoms with Crippen LogP contribution in [0, 0.1) is 0 Å². The summed E-state index contributed by atoms with van der Waals surface area (Å²) in [6.07, 6.45) is -5.50. The summed E-state index contributed by atoms with van der Waals surface area (Å²) in [5.74, 6) is -1.49. The van der Waals surface area contributed by atoms with Crippen molar-refractivity contribution in [3.63, 3.8) is 0 Å². The van der Waals surface area contributed by atoms with Gasteiger partial charge >= 0.3 is 5.97 Å². The minimum atomic E-state index is -1.80. The van der Waals surface area contributed by atoms with E-state index in [0.717, 1.165) is 12.1 Å². The van der Waals surface area contributed by atoms with Crippen molar-refractivity contribution in [2.45, 2.75) is 30.7 Å². The van der Waals surface area contributed by atoms with Crippen LogP contribution < -0.4 is 19.6 Å². The van der Waals surface area contributed by atoms with Crippen LogP contribution >= 0.6 is 0 Å². The molecule has 0 bridgehead atoms. The molecule has 0 radical (unpaired) electrons. The number of hydrogen-bond donors (Lipinski definition) is 6. The molecule has 7 N–H and O–H groups in total. The molecular formula is C32H31O14+. The lowest BCUT2D eigenvalue weighted by atomic mass is 9.99. The smallest absolute Gasteiger partial charge is 0.508 e. The second-order valence-corrected chi connectivity index (χ2v) is 10.2. The first kappa shape index (κ1) is 32.1. The van der Waals surface area contributed by atoms with Gasteiger partial charge in [0.15, 0.2) is 34.5 Å². The predicted molar refractivity (Wildman–Crippen MR) is 161 cm³/mol. The van der Waals surface area contributed by atoms with Crippen molar-refractivity contribution in [2.75, 3.05) is 20.8 Å². The highest BCUT2D eigenvalue weighted by Gasteiger charge is 2.47.